The summed E-state index contributed by atoms with van der Waals surface area (Å²) in [6.07, 6.45) is 6.64. The Morgan fingerprint density at radius 2 is 1.68 bits per heavy atom. The highest BCUT2D eigenvalue weighted by Gasteiger charge is 2.10. The maximum absolute atomic E-state index is 12.0. The van der Waals surface area contributed by atoms with Gasteiger partial charge in [-0.3, -0.25) is 4.79 Å². The van der Waals surface area contributed by atoms with Crippen LogP contribution >= 0.6 is 0 Å². The van der Waals surface area contributed by atoms with E-state index in [4.69, 9.17) is 9.47 Å². The lowest BCUT2D eigenvalue weighted by Crippen LogP contribution is -1.94. The van der Waals surface area contributed by atoms with Crippen molar-refractivity contribution in [1.82, 2.24) is 0 Å². The Bertz CT molecular complexity index is 695. The molecule has 0 amide bonds. The van der Waals surface area contributed by atoms with Crippen LogP contribution in [0.15, 0.2) is 48.5 Å². The first-order chi connectivity index (χ1) is 12.1. The monoisotopic (exact) mass is 340 g/mol. The van der Waals surface area contributed by atoms with Crippen molar-refractivity contribution < 1.29 is 19.4 Å². The average molecular weight is 340 g/mol. The number of phenolic OH excluding ortho intramolecular Hbond substituents is 1. The minimum Gasteiger partial charge on any atom is -0.502 e. The van der Waals surface area contributed by atoms with Gasteiger partial charge in [-0.2, -0.15) is 0 Å². The molecule has 2 aromatic rings. The van der Waals surface area contributed by atoms with Crippen molar-refractivity contribution in [3.8, 4) is 17.2 Å². The molecule has 0 fully saturated rings. The zero-order valence-electron chi connectivity index (χ0n) is 14.7. The highest BCUT2D eigenvalue weighted by molar-refractivity contribution is 5.93. The van der Waals surface area contributed by atoms with Gasteiger partial charge in [-0.05, 0) is 48.6 Å². The van der Waals surface area contributed by atoms with Crippen molar-refractivity contribution in [3.05, 3.63) is 59.7 Å². The number of ether oxygens (including phenoxy) is 2. The summed E-state index contributed by atoms with van der Waals surface area (Å²) in [4.78, 5) is 12.0. The summed E-state index contributed by atoms with van der Waals surface area (Å²) in [7, 11) is 2.94. The van der Waals surface area contributed by atoms with Crippen molar-refractivity contribution in [1.29, 1.82) is 0 Å². The maximum atomic E-state index is 12.0. The zero-order valence-corrected chi connectivity index (χ0v) is 14.7. The number of hydrogen-bond donors (Lipinski definition) is 1. The van der Waals surface area contributed by atoms with Gasteiger partial charge in [-0.1, -0.05) is 36.4 Å². The van der Waals surface area contributed by atoms with Crippen LogP contribution in [-0.2, 0) is 11.2 Å². The number of ketones is 1. The van der Waals surface area contributed by atoms with Crippen LogP contribution in [-0.4, -0.2) is 25.1 Å². The molecule has 0 aliphatic heterocycles. The number of unbranched alkanes of at least 4 members (excludes halogenated alkanes) is 1. The third-order valence-electron chi connectivity index (χ3n) is 3.95. The zero-order chi connectivity index (χ0) is 18.1. The largest absolute Gasteiger partial charge is 0.502 e. The topological polar surface area (TPSA) is 55.8 Å². The summed E-state index contributed by atoms with van der Waals surface area (Å²) in [5.41, 5.74) is 2.04. The van der Waals surface area contributed by atoms with Gasteiger partial charge in [-0.15, -0.1) is 0 Å². The standard InChI is InChI=1S/C21H24O4/c1-24-19-14-17(15-20(25-2)21(19)23)12-13-18(22)11-7-6-10-16-8-4-3-5-9-16/h3-5,8-9,12-15,23H,6-7,10-11H2,1-2H3/b13-12+. The van der Waals surface area contributed by atoms with Crippen molar-refractivity contribution in [2.75, 3.05) is 14.2 Å². The summed E-state index contributed by atoms with van der Waals surface area (Å²) < 4.78 is 10.2. The van der Waals surface area contributed by atoms with Gasteiger partial charge in [0.15, 0.2) is 17.3 Å². The molecule has 0 saturated carbocycles. The molecule has 0 heterocycles. The Kier molecular flexibility index (Phi) is 7.08. The lowest BCUT2D eigenvalue weighted by Gasteiger charge is -2.09. The molecular weight excluding hydrogens is 316 g/mol. The number of carbonyl (C=O) groups is 1. The predicted octanol–water partition coefficient (Wildman–Crippen LogP) is 4.40. The van der Waals surface area contributed by atoms with E-state index in [1.165, 1.54) is 19.8 Å². The molecule has 0 radical (unpaired) electrons. The highest BCUT2D eigenvalue weighted by Crippen LogP contribution is 2.37. The number of rotatable bonds is 9. The number of benzene rings is 2. The Hall–Kier alpha value is -2.75. The van der Waals surface area contributed by atoms with Crippen LogP contribution in [0.4, 0.5) is 0 Å². The van der Waals surface area contributed by atoms with Crippen molar-refractivity contribution in [2.45, 2.75) is 25.7 Å². The number of carbonyl (C=O) groups excluding carboxylic acids is 1. The van der Waals surface area contributed by atoms with E-state index in [1.54, 1.807) is 24.3 Å². The first-order valence-corrected chi connectivity index (χ1v) is 8.34. The SMILES string of the molecule is COc1cc(/C=C/C(=O)CCCCc2ccccc2)cc(OC)c1O. The van der Waals surface area contributed by atoms with E-state index in [1.807, 2.05) is 18.2 Å². The summed E-state index contributed by atoms with van der Waals surface area (Å²) in [5, 5.41) is 9.89. The summed E-state index contributed by atoms with van der Waals surface area (Å²) >= 11 is 0. The first-order valence-electron chi connectivity index (χ1n) is 8.34. The molecule has 1 N–H and O–H groups in total. The third kappa shape index (κ3) is 5.68. The molecule has 0 atom stereocenters. The fourth-order valence-electron chi connectivity index (χ4n) is 2.56. The fourth-order valence-corrected chi connectivity index (χ4v) is 2.56. The van der Waals surface area contributed by atoms with Crippen LogP contribution in [0.1, 0.15) is 30.4 Å². The predicted molar refractivity (Wildman–Crippen MR) is 99.2 cm³/mol. The van der Waals surface area contributed by atoms with E-state index in [2.05, 4.69) is 12.1 Å². The van der Waals surface area contributed by atoms with Crippen molar-refractivity contribution in [2.24, 2.45) is 0 Å². The van der Waals surface area contributed by atoms with E-state index < -0.39 is 0 Å². The van der Waals surface area contributed by atoms with E-state index in [-0.39, 0.29) is 11.5 Å². The third-order valence-corrected chi connectivity index (χ3v) is 3.95. The van der Waals surface area contributed by atoms with Crippen LogP contribution in [0.25, 0.3) is 6.08 Å². The van der Waals surface area contributed by atoms with Crippen LogP contribution in [0.5, 0.6) is 17.2 Å². The van der Waals surface area contributed by atoms with Crippen LogP contribution in [0.2, 0.25) is 0 Å². The number of phenols is 1. The second-order valence-corrected chi connectivity index (χ2v) is 5.77. The maximum Gasteiger partial charge on any atom is 0.200 e. The molecular formula is C21H24O4. The molecule has 0 saturated heterocycles. The number of methoxy groups -OCH3 is 2. The van der Waals surface area contributed by atoms with Gasteiger partial charge in [0.2, 0.25) is 5.75 Å². The molecule has 0 bridgehead atoms. The van der Waals surface area contributed by atoms with Gasteiger partial charge in [0, 0.05) is 6.42 Å². The lowest BCUT2D eigenvalue weighted by atomic mass is 10.1. The first kappa shape index (κ1) is 18.6. The minimum absolute atomic E-state index is 0.0469. The van der Waals surface area contributed by atoms with E-state index in [9.17, 15) is 9.90 Å². The van der Waals surface area contributed by atoms with Gasteiger partial charge >= 0.3 is 0 Å². The molecule has 0 unspecified atom stereocenters. The van der Waals surface area contributed by atoms with Crippen LogP contribution in [0, 0.1) is 0 Å². The number of aromatic hydroxyl groups is 1. The quantitative estimate of drug-likeness (QED) is 0.543. The Balaban J connectivity index is 1.85. The summed E-state index contributed by atoms with van der Waals surface area (Å²) in [6, 6.07) is 13.6. The normalized spacial score (nSPS) is 10.8. The smallest absolute Gasteiger partial charge is 0.200 e. The van der Waals surface area contributed by atoms with Crippen LogP contribution in [0.3, 0.4) is 0 Å². The van der Waals surface area contributed by atoms with E-state index in [0.29, 0.717) is 17.9 Å². The molecule has 0 aromatic heterocycles. The van der Waals surface area contributed by atoms with Crippen LogP contribution < -0.4 is 9.47 Å². The highest BCUT2D eigenvalue weighted by atomic mass is 16.5. The summed E-state index contributed by atoms with van der Waals surface area (Å²) in [6.45, 7) is 0. The molecule has 0 spiro atoms. The number of allylic oxidation sites excluding steroid dienone is 1. The molecule has 0 aliphatic carbocycles. The van der Waals surface area contributed by atoms with Gasteiger partial charge in [0.1, 0.15) is 0 Å². The fraction of sp³-hybridized carbons (Fsp3) is 0.286. The Morgan fingerprint density at radius 1 is 1.04 bits per heavy atom. The molecule has 0 aliphatic rings. The van der Waals surface area contributed by atoms with E-state index in [0.717, 1.165) is 24.8 Å². The van der Waals surface area contributed by atoms with Crippen molar-refractivity contribution in [3.63, 3.8) is 0 Å². The Morgan fingerprint density at radius 3 is 2.28 bits per heavy atom. The second-order valence-electron chi connectivity index (χ2n) is 5.77. The average Bonchev–Trinajstić information content (AvgIpc) is 2.65. The molecule has 132 valence electrons. The Labute approximate surface area is 148 Å². The molecule has 2 aromatic carbocycles. The number of hydrogen-bond acceptors (Lipinski definition) is 4. The van der Waals surface area contributed by atoms with Gasteiger partial charge < -0.3 is 14.6 Å². The molecule has 4 heteroatoms. The van der Waals surface area contributed by atoms with E-state index >= 15 is 0 Å². The second kappa shape index (κ2) is 9.52. The molecule has 2 rings (SSSR count). The molecule has 4 nitrogen and oxygen atoms in total. The van der Waals surface area contributed by atoms with Crippen molar-refractivity contribution >= 4 is 11.9 Å². The summed E-state index contributed by atoms with van der Waals surface area (Å²) in [5.74, 6) is 0.664. The van der Waals surface area contributed by atoms with Gasteiger partial charge in [-0.25, -0.2) is 0 Å². The van der Waals surface area contributed by atoms with Gasteiger partial charge in [0.05, 0.1) is 14.2 Å². The molecule has 25 heavy (non-hydrogen) atoms. The van der Waals surface area contributed by atoms with Gasteiger partial charge in [0.25, 0.3) is 0 Å². The number of aryl methyl sites for hydroxylation is 1. The lowest BCUT2D eigenvalue weighted by molar-refractivity contribution is -0.114. The minimum atomic E-state index is -0.0469.